The van der Waals surface area contributed by atoms with Gasteiger partial charge in [-0.25, -0.2) is 9.50 Å². The Labute approximate surface area is 172 Å². The lowest BCUT2D eigenvalue weighted by Gasteiger charge is -2.32. The molecule has 0 spiro atoms. The van der Waals surface area contributed by atoms with Crippen molar-refractivity contribution in [3.63, 3.8) is 0 Å². The standard InChI is InChI=1S/C19H16F3N7O2/c20-19(21,22)31-14-2-1-6-29-13(14)8-12(27-29)16-15-11(23-9-24-15)5-7-28(16)18-26-25-17(30-18)10-3-4-10/h1-2,6,8-10,16H,3-5,7H2,(H,23,24)/t16-/m0/s1. The first-order valence-electron chi connectivity index (χ1n) is 9.82. The van der Waals surface area contributed by atoms with Crippen molar-refractivity contribution in [2.75, 3.05) is 11.4 Å². The van der Waals surface area contributed by atoms with Gasteiger partial charge in [-0.1, -0.05) is 5.10 Å². The largest absolute Gasteiger partial charge is 0.573 e. The molecule has 0 unspecified atom stereocenters. The van der Waals surface area contributed by atoms with Crippen molar-refractivity contribution in [2.24, 2.45) is 0 Å². The summed E-state index contributed by atoms with van der Waals surface area (Å²) in [6.07, 6.45) is 1.10. The highest BCUT2D eigenvalue weighted by atomic mass is 19.4. The van der Waals surface area contributed by atoms with E-state index in [1.807, 2.05) is 4.90 Å². The van der Waals surface area contributed by atoms with Gasteiger partial charge in [0.15, 0.2) is 5.75 Å². The summed E-state index contributed by atoms with van der Waals surface area (Å²) in [4.78, 5) is 9.47. The molecular formula is C19H16F3N7O2. The minimum absolute atomic E-state index is 0.196. The van der Waals surface area contributed by atoms with Crippen LogP contribution in [0.1, 0.15) is 47.8 Å². The Morgan fingerprint density at radius 2 is 2.10 bits per heavy atom. The average molecular weight is 431 g/mol. The van der Waals surface area contributed by atoms with Gasteiger partial charge in [-0.3, -0.25) is 0 Å². The Hall–Kier alpha value is -3.57. The van der Waals surface area contributed by atoms with E-state index in [-0.39, 0.29) is 11.3 Å². The van der Waals surface area contributed by atoms with Crippen molar-refractivity contribution in [3.8, 4) is 5.75 Å². The molecule has 0 saturated heterocycles. The van der Waals surface area contributed by atoms with E-state index in [0.29, 0.717) is 36.5 Å². The zero-order valence-electron chi connectivity index (χ0n) is 16.0. The number of aromatic amines is 1. The first kappa shape index (κ1) is 18.2. The van der Waals surface area contributed by atoms with Gasteiger partial charge in [-0.2, -0.15) is 5.10 Å². The molecule has 1 saturated carbocycles. The van der Waals surface area contributed by atoms with Crippen molar-refractivity contribution >= 4 is 11.5 Å². The fraction of sp³-hybridized carbons (Fsp3) is 0.368. The lowest BCUT2D eigenvalue weighted by molar-refractivity contribution is -0.274. The van der Waals surface area contributed by atoms with Gasteiger partial charge in [0.05, 0.1) is 17.7 Å². The second-order valence-electron chi connectivity index (χ2n) is 7.63. The highest BCUT2D eigenvalue weighted by Gasteiger charge is 2.38. The molecule has 0 aromatic carbocycles. The number of H-pyrrole nitrogens is 1. The molecule has 4 aromatic heterocycles. The molecular weight excluding hydrogens is 415 g/mol. The lowest BCUT2D eigenvalue weighted by Crippen LogP contribution is -2.36. The summed E-state index contributed by atoms with van der Waals surface area (Å²) >= 11 is 0. The van der Waals surface area contributed by atoms with Crippen LogP contribution in [0.4, 0.5) is 19.2 Å². The van der Waals surface area contributed by atoms with Crippen molar-refractivity contribution in [3.05, 3.63) is 53.7 Å². The monoisotopic (exact) mass is 431 g/mol. The van der Waals surface area contributed by atoms with E-state index in [1.54, 1.807) is 18.6 Å². The third-order valence-corrected chi connectivity index (χ3v) is 5.52. The number of halogens is 3. The van der Waals surface area contributed by atoms with Crippen molar-refractivity contribution < 1.29 is 22.3 Å². The number of alkyl halides is 3. The van der Waals surface area contributed by atoms with Gasteiger partial charge in [0.25, 0.3) is 0 Å². The molecule has 1 aliphatic heterocycles. The molecule has 12 heteroatoms. The van der Waals surface area contributed by atoms with Crippen LogP contribution in [-0.4, -0.2) is 42.7 Å². The maximum Gasteiger partial charge on any atom is 0.573 e. The quantitative estimate of drug-likeness (QED) is 0.529. The van der Waals surface area contributed by atoms with Crippen molar-refractivity contribution in [1.82, 2.24) is 29.8 Å². The predicted molar refractivity (Wildman–Crippen MR) is 99.6 cm³/mol. The number of hydrogen-bond donors (Lipinski definition) is 1. The van der Waals surface area contributed by atoms with Crippen LogP contribution >= 0.6 is 0 Å². The number of rotatable bonds is 4. The average Bonchev–Trinajstić information content (AvgIpc) is 3.14. The molecule has 2 aliphatic rings. The Kier molecular flexibility index (Phi) is 3.80. The number of hydrogen-bond acceptors (Lipinski definition) is 7. The molecule has 1 N–H and O–H groups in total. The highest BCUT2D eigenvalue weighted by molar-refractivity contribution is 5.61. The zero-order valence-corrected chi connectivity index (χ0v) is 16.0. The number of nitrogens with one attached hydrogen (secondary N) is 1. The Balaban J connectivity index is 1.45. The first-order valence-corrected chi connectivity index (χ1v) is 9.82. The summed E-state index contributed by atoms with van der Waals surface area (Å²) in [5.41, 5.74) is 2.35. The third kappa shape index (κ3) is 3.18. The van der Waals surface area contributed by atoms with Gasteiger partial charge >= 0.3 is 12.4 Å². The van der Waals surface area contributed by atoms with Gasteiger partial charge in [0.2, 0.25) is 5.89 Å². The molecule has 0 amide bonds. The van der Waals surface area contributed by atoms with Crippen LogP contribution in [0.25, 0.3) is 5.52 Å². The second kappa shape index (κ2) is 6.46. The minimum atomic E-state index is -4.80. The molecule has 160 valence electrons. The SMILES string of the molecule is FC(F)(F)Oc1cccn2nc([C@H]3c4nc[nH]c4CCN3c3nnc(C4CC4)o3)cc12. The summed E-state index contributed by atoms with van der Waals surface area (Å²) in [6, 6.07) is 4.13. The highest BCUT2D eigenvalue weighted by Crippen LogP contribution is 2.42. The van der Waals surface area contributed by atoms with Crippen LogP contribution in [-0.2, 0) is 6.42 Å². The van der Waals surface area contributed by atoms with Gasteiger partial charge in [-0.15, -0.1) is 18.3 Å². The molecule has 4 aromatic rings. The lowest BCUT2D eigenvalue weighted by atomic mass is 10.0. The second-order valence-corrected chi connectivity index (χ2v) is 7.63. The molecule has 1 atom stereocenters. The number of aromatic nitrogens is 6. The van der Waals surface area contributed by atoms with Gasteiger partial charge < -0.3 is 19.0 Å². The number of nitrogens with zero attached hydrogens (tertiary/aromatic N) is 6. The smallest absolute Gasteiger partial charge is 0.408 e. The van der Waals surface area contributed by atoms with Crippen molar-refractivity contribution in [1.29, 1.82) is 0 Å². The maximum atomic E-state index is 12.8. The molecule has 6 rings (SSSR count). The fourth-order valence-electron chi connectivity index (χ4n) is 3.97. The third-order valence-electron chi connectivity index (χ3n) is 5.52. The Bertz CT molecular complexity index is 1260. The zero-order chi connectivity index (χ0) is 21.2. The summed E-state index contributed by atoms with van der Waals surface area (Å²) in [6.45, 7) is 0.561. The predicted octanol–water partition coefficient (Wildman–Crippen LogP) is 3.37. The van der Waals surface area contributed by atoms with E-state index in [1.165, 1.54) is 16.6 Å². The van der Waals surface area contributed by atoms with E-state index in [9.17, 15) is 13.2 Å². The molecule has 5 heterocycles. The first-order chi connectivity index (χ1) is 15.0. The van der Waals surface area contributed by atoms with Crippen LogP contribution in [0.5, 0.6) is 5.75 Å². The molecule has 31 heavy (non-hydrogen) atoms. The molecule has 0 bridgehead atoms. The maximum absolute atomic E-state index is 12.8. The van der Waals surface area contributed by atoms with Crippen LogP contribution in [0.3, 0.4) is 0 Å². The van der Waals surface area contributed by atoms with Crippen LogP contribution in [0.2, 0.25) is 0 Å². The van der Waals surface area contributed by atoms with E-state index in [0.717, 1.165) is 24.2 Å². The molecule has 1 fully saturated rings. The fourth-order valence-corrected chi connectivity index (χ4v) is 3.97. The minimum Gasteiger partial charge on any atom is -0.408 e. The number of ether oxygens (including phenoxy) is 1. The summed E-state index contributed by atoms with van der Waals surface area (Å²) in [5, 5.41) is 12.9. The molecule has 1 aliphatic carbocycles. The van der Waals surface area contributed by atoms with E-state index in [4.69, 9.17) is 4.42 Å². The Morgan fingerprint density at radius 1 is 1.23 bits per heavy atom. The van der Waals surface area contributed by atoms with E-state index < -0.39 is 12.4 Å². The number of fused-ring (bicyclic) bond motifs is 2. The van der Waals surface area contributed by atoms with Gasteiger partial charge in [0.1, 0.15) is 11.6 Å². The summed E-state index contributed by atoms with van der Waals surface area (Å²) in [5.74, 6) is 0.590. The summed E-state index contributed by atoms with van der Waals surface area (Å²) in [7, 11) is 0. The molecule has 0 radical (unpaired) electrons. The van der Waals surface area contributed by atoms with Crippen LogP contribution in [0.15, 0.2) is 35.1 Å². The summed E-state index contributed by atoms with van der Waals surface area (Å²) < 4.78 is 50.0. The topological polar surface area (TPSA) is 97.4 Å². The van der Waals surface area contributed by atoms with Crippen molar-refractivity contribution in [2.45, 2.75) is 37.6 Å². The van der Waals surface area contributed by atoms with E-state index in [2.05, 4.69) is 30.0 Å². The van der Waals surface area contributed by atoms with E-state index >= 15 is 0 Å². The van der Waals surface area contributed by atoms with Gasteiger partial charge in [0, 0.05) is 30.8 Å². The molecule has 9 nitrogen and oxygen atoms in total. The normalized spacial score (nSPS) is 19.1. The van der Waals surface area contributed by atoms with Gasteiger partial charge in [-0.05, 0) is 31.0 Å². The number of anilines is 1. The van der Waals surface area contributed by atoms with Crippen LogP contribution in [0, 0.1) is 0 Å². The Morgan fingerprint density at radius 3 is 2.90 bits per heavy atom. The van der Waals surface area contributed by atoms with Crippen LogP contribution < -0.4 is 9.64 Å². The number of imidazole rings is 1. The number of pyridine rings is 1.